The Morgan fingerprint density at radius 2 is 1.83 bits per heavy atom. The Labute approximate surface area is 109 Å². The van der Waals surface area contributed by atoms with Crippen molar-refractivity contribution >= 4 is 0 Å². The van der Waals surface area contributed by atoms with Crippen LogP contribution in [0.15, 0.2) is 18.2 Å². The zero-order chi connectivity index (χ0) is 13.7. The second-order valence-electron chi connectivity index (χ2n) is 5.18. The van der Waals surface area contributed by atoms with Gasteiger partial charge < -0.3 is 5.32 Å². The Morgan fingerprint density at radius 1 is 1.17 bits per heavy atom. The van der Waals surface area contributed by atoms with E-state index in [1.807, 2.05) is 6.92 Å². The van der Waals surface area contributed by atoms with Crippen LogP contribution < -0.4 is 5.32 Å². The molecule has 0 spiro atoms. The monoisotopic (exact) mass is 255 g/mol. The quantitative estimate of drug-likeness (QED) is 0.807. The standard InChI is InChI=1S/C15H23F2N/c1-5-8-18-15(10(2)3)11(4)13-9-12(16)6-7-14(13)17/h6-7,9-11,15,18H,5,8H2,1-4H3. The highest BCUT2D eigenvalue weighted by molar-refractivity contribution is 5.24. The minimum atomic E-state index is -0.378. The van der Waals surface area contributed by atoms with Gasteiger partial charge in [-0.05, 0) is 48.6 Å². The molecule has 2 unspecified atom stereocenters. The predicted octanol–water partition coefficient (Wildman–Crippen LogP) is 4.09. The first-order valence-electron chi connectivity index (χ1n) is 6.65. The summed E-state index contributed by atoms with van der Waals surface area (Å²) in [6, 6.07) is 3.83. The maximum absolute atomic E-state index is 13.8. The maximum Gasteiger partial charge on any atom is 0.126 e. The molecule has 3 heteroatoms. The summed E-state index contributed by atoms with van der Waals surface area (Å²) in [6.07, 6.45) is 1.03. The van der Waals surface area contributed by atoms with E-state index in [-0.39, 0.29) is 23.6 Å². The SMILES string of the molecule is CCCNC(C(C)C)C(C)c1cc(F)ccc1F. The van der Waals surface area contributed by atoms with Crippen molar-refractivity contribution < 1.29 is 8.78 Å². The lowest BCUT2D eigenvalue weighted by Gasteiger charge is -2.29. The van der Waals surface area contributed by atoms with Crippen molar-refractivity contribution in [1.82, 2.24) is 5.32 Å². The first-order chi connectivity index (χ1) is 8.47. The molecule has 102 valence electrons. The van der Waals surface area contributed by atoms with Gasteiger partial charge in [-0.1, -0.05) is 27.7 Å². The van der Waals surface area contributed by atoms with E-state index < -0.39 is 0 Å². The van der Waals surface area contributed by atoms with Gasteiger partial charge in [-0.2, -0.15) is 0 Å². The second-order valence-corrected chi connectivity index (χ2v) is 5.18. The van der Waals surface area contributed by atoms with E-state index in [1.165, 1.54) is 12.1 Å². The molecule has 0 saturated carbocycles. The minimum Gasteiger partial charge on any atom is -0.313 e. The van der Waals surface area contributed by atoms with E-state index in [4.69, 9.17) is 0 Å². The van der Waals surface area contributed by atoms with Crippen LogP contribution in [0.2, 0.25) is 0 Å². The Morgan fingerprint density at radius 3 is 2.39 bits per heavy atom. The molecule has 1 nitrogen and oxygen atoms in total. The molecule has 0 amide bonds. The van der Waals surface area contributed by atoms with Gasteiger partial charge in [-0.25, -0.2) is 8.78 Å². The molecule has 1 aromatic carbocycles. The van der Waals surface area contributed by atoms with Gasteiger partial charge in [0.15, 0.2) is 0 Å². The zero-order valence-electron chi connectivity index (χ0n) is 11.6. The van der Waals surface area contributed by atoms with Crippen molar-refractivity contribution in [3.8, 4) is 0 Å². The zero-order valence-corrected chi connectivity index (χ0v) is 11.6. The van der Waals surface area contributed by atoms with Gasteiger partial charge >= 0.3 is 0 Å². The fourth-order valence-corrected chi connectivity index (χ4v) is 2.36. The molecular weight excluding hydrogens is 232 g/mol. The van der Waals surface area contributed by atoms with Crippen molar-refractivity contribution in [3.63, 3.8) is 0 Å². The van der Waals surface area contributed by atoms with E-state index >= 15 is 0 Å². The molecule has 0 aliphatic rings. The number of hydrogen-bond donors (Lipinski definition) is 1. The van der Waals surface area contributed by atoms with Gasteiger partial charge in [-0.15, -0.1) is 0 Å². The molecular formula is C15H23F2N. The molecule has 0 bridgehead atoms. The van der Waals surface area contributed by atoms with E-state index in [1.54, 1.807) is 0 Å². The second kappa shape index (κ2) is 6.83. The van der Waals surface area contributed by atoms with Gasteiger partial charge in [0.2, 0.25) is 0 Å². The average molecular weight is 255 g/mol. The number of hydrogen-bond acceptors (Lipinski definition) is 1. The molecule has 1 aromatic rings. The fraction of sp³-hybridized carbons (Fsp3) is 0.600. The third-order valence-corrected chi connectivity index (χ3v) is 3.34. The van der Waals surface area contributed by atoms with Gasteiger partial charge in [0.05, 0.1) is 0 Å². The Balaban J connectivity index is 2.93. The van der Waals surface area contributed by atoms with E-state index in [2.05, 4.69) is 26.1 Å². The first kappa shape index (κ1) is 15.1. The van der Waals surface area contributed by atoms with Crippen molar-refractivity contribution in [3.05, 3.63) is 35.4 Å². The normalized spacial score (nSPS) is 14.8. The fourth-order valence-electron chi connectivity index (χ4n) is 2.36. The third kappa shape index (κ3) is 3.77. The largest absolute Gasteiger partial charge is 0.313 e. The Kier molecular flexibility index (Phi) is 5.73. The van der Waals surface area contributed by atoms with Crippen LogP contribution in [-0.2, 0) is 0 Å². The van der Waals surface area contributed by atoms with Crippen molar-refractivity contribution in [2.45, 2.75) is 46.1 Å². The highest BCUT2D eigenvalue weighted by atomic mass is 19.1. The van der Waals surface area contributed by atoms with Crippen LogP contribution in [0.25, 0.3) is 0 Å². The Hall–Kier alpha value is -0.960. The highest BCUT2D eigenvalue weighted by Gasteiger charge is 2.24. The van der Waals surface area contributed by atoms with E-state index in [9.17, 15) is 8.78 Å². The highest BCUT2D eigenvalue weighted by Crippen LogP contribution is 2.26. The van der Waals surface area contributed by atoms with Crippen LogP contribution in [-0.4, -0.2) is 12.6 Å². The van der Waals surface area contributed by atoms with Crippen molar-refractivity contribution in [2.24, 2.45) is 5.92 Å². The lowest BCUT2D eigenvalue weighted by Crippen LogP contribution is -2.39. The van der Waals surface area contributed by atoms with E-state index in [0.29, 0.717) is 11.5 Å². The summed E-state index contributed by atoms with van der Waals surface area (Å²) >= 11 is 0. The minimum absolute atomic E-state index is 0.0488. The molecule has 0 fully saturated rings. The van der Waals surface area contributed by atoms with Crippen molar-refractivity contribution in [2.75, 3.05) is 6.54 Å². The molecule has 0 aliphatic heterocycles. The predicted molar refractivity (Wildman–Crippen MR) is 71.7 cm³/mol. The number of rotatable bonds is 6. The average Bonchev–Trinajstić information content (AvgIpc) is 2.32. The summed E-state index contributed by atoms with van der Waals surface area (Å²) < 4.78 is 27.0. The van der Waals surface area contributed by atoms with Crippen LogP contribution in [0.4, 0.5) is 8.78 Å². The molecule has 0 aliphatic carbocycles. The van der Waals surface area contributed by atoms with Gasteiger partial charge in [0.25, 0.3) is 0 Å². The smallest absolute Gasteiger partial charge is 0.126 e. The summed E-state index contributed by atoms with van der Waals surface area (Å²) in [6.45, 7) is 9.13. The topological polar surface area (TPSA) is 12.0 Å². The number of benzene rings is 1. The van der Waals surface area contributed by atoms with Crippen LogP contribution in [0, 0.1) is 17.6 Å². The van der Waals surface area contributed by atoms with Crippen molar-refractivity contribution in [1.29, 1.82) is 0 Å². The van der Waals surface area contributed by atoms with Gasteiger partial charge in [0.1, 0.15) is 11.6 Å². The molecule has 0 saturated heterocycles. The summed E-state index contributed by atoms with van der Waals surface area (Å²) in [7, 11) is 0. The molecule has 1 N–H and O–H groups in total. The van der Waals surface area contributed by atoms with E-state index in [0.717, 1.165) is 19.0 Å². The lowest BCUT2D eigenvalue weighted by molar-refractivity contribution is 0.347. The Bertz CT molecular complexity index is 377. The van der Waals surface area contributed by atoms with Crippen LogP contribution in [0.1, 0.15) is 45.6 Å². The van der Waals surface area contributed by atoms with Gasteiger partial charge in [0, 0.05) is 6.04 Å². The summed E-state index contributed by atoms with van der Waals surface area (Å²) in [5.74, 6) is -0.384. The van der Waals surface area contributed by atoms with Crippen LogP contribution in [0.3, 0.4) is 0 Å². The summed E-state index contributed by atoms with van der Waals surface area (Å²) in [5.41, 5.74) is 0.456. The summed E-state index contributed by atoms with van der Waals surface area (Å²) in [5, 5.41) is 3.42. The molecule has 0 aromatic heterocycles. The first-order valence-corrected chi connectivity index (χ1v) is 6.65. The molecule has 0 radical (unpaired) electrons. The van der Waals surface area contributed by atoms with Gasteiger partial charge in [-0.3, -0.25) is 0 Å². The number of nitrogens with one attached hydrogen (secondary N) is 1. The molecule has 18 heavy (non-hydrogen) atoms. The maximum atomic E-state index is 13.8. The number of halogens is 2. The molecule has 1 rings (SSSR count). The lowest BCUT2D eigenvalue weighted by atomic mass is 9.86. The molecule has 0 heterocycles. The summed E-state index contributed by atoms with van der Waals surface area (Å²) in [4.78, 5) is 0. The van der Waals surface area contributed by atoms with Crippen LogP contribution in [0.5, 0.6) is 0 Å². The molecule has 2 atom stereocenters. The third-order valence-electron chi connectivity index (χ3n) is 3.34. The van der Waals surface area contributed by atoms with Crippen LogP contribution >= 0.6 is 0 Å².